The van der Waals surface area contributed by atoms with Gasteiger partial charge in [-0.2, -0.15) is 8.78 Å². The highest BCUT2D eigenvalue weighted by Crippen LogP contribution is 2.30. The number of halogens is 4. The molecule has 1 N–H and O–H groups in total. The molecule has 4 aromatic rings. The Hall–Kier alpha value is -3.37. The van der Waals surface area contributed by atoms with Gasteiger partial charge < -0.3 is 10.1 Å². The van der Waals surface area contributed by atoms with Crippen molar-refractivity contribution in [1.29, 1.82) is 0 Å². The predicted octanol–water partition coefficient (Wildman–Crippen LogP) is 5.38. The van der Waals surface area contributed by atoms with Gasteiger partial charge in [0.2, 0.25) is 0 Å². The van der Waals surface area contributed by atoms with Crippen LogP contribution in [-0.2, 0) is 23.0 Å². The van der Waals surface area contributed by atoms with Crippen molar-refractivity contribution in [2.24, 2.45) is 0 Å². The fourth-order valence-electron chi connectivity index (χ4n) is 3.92. The molecule has 0 amide bonds. The van der Waals surface area contributed by atoms with Crippen molar-refractivity contribution in [2.45, 2.75) is 31.4 Å². The van der Waals surface area contributed by atoms with E-state index in [1.165, 1.54) is 43.5 Å². The SMILES string of the molecule is CNCc1cn(S(=O)(=O)c2cccc(OC(F)F)c2)c2cc(Cc3ccc(C)c(F)c3F)ccc12. The third kappa shape index (κ3) is 4.89. The van der Waals surface area contributed by atoms with Gasteiger partial charge in [-0.05, 0) is 54.4 Å². The first-order valence-electron chi connectivity index (χ1n) is 10.6. The van der Waals surface area contributed by atoms with Crippen molar-refractivity contribution in [1.82, 2.24) is 9.29 Å². The number of fused-ring (bicyclic) bond motifs is 1. The second kappa shape index (κ2) is 9.71. The molecule has 35 heavy (non-hydrogen) atoms. The number of nitrogens with zero attached hydrogens (tertiary/aromatic N) is 1. The quantitative estimate of drug-likeness (QED) is 0.326. The Balaban J connectivity index is 1.82. The summed E-state index contributed by atoms with van der Waals surface area (Å²) in [6.45, 7) is -1.27. The summed E-state index contributed by atoms with van der Waals surface area (Å²) >= 11 is 0. The highest BCUT2D eigenvalue weighted by atomic mass is 32.2. The number of nitrogens with one attached hydrogen (secondary N) is 1. The molecule has 0 atom stereocenters. The van der Waals surface area contributed by atoms with Gasteiger partial charge >= 0.3 is 6.61 Å². The van der Waals surface area contributed by atoms with Crippen LogP contribution in [0.15, 0.2) is 65.7 Å². The molecule has 4 rings (SSSR count). The maximum absolute atomic E-state index is 14.4. The van der Waals surface area contributed by atoms with E-state index in [1.54, 1.807) is 25.2 Å². The molecule has 3 aromatic carbocycles. The highest BCUT2D eigenvalue weighted by molar-refractivity contribution is 7.90. The molecular weight excluding hydrogens is 484 g/mol. The molecule has 0 saturated heterocycles. The standard InChI is InChI=1S/C25H22F4N2O3S/c1-15-6-8-17(24(27)23(15)26)10-16-7-9-21-18(13-30-2)14-31(22(21)11-16)35(32,33)20-5-3-4-19(12-20)34-25(28)29/h3-9,11-12,14,25,30H,10,13H2,1-2H3. The molecule has 0 aliphatic rings. The number of hydrogen-bond donors (Lipinski definition) is 1. The largest absolute Gasteiger partial charge is 0.435 e. The molecule has 10 heteroatoms. The molecule has 0 bridgehead atoms. The minimum Gasteiger partial charge on any atom is -0.435 e. The average molecular weight is 507 g/mol. The predicted molar refractivity (Wildman–Crippen MR) is 124 cm³/mol. The topological polar surface area (TPSA) is 60.3 Å². The molecule has 1 heterocycles. The van der Waals surface area contributed by atoms with Crippen LogP contribution in [0, 0.1) is 18.6 Å². The summed E-state index contributed by atoms with van der Waals surface area (Å²) in [7, 11) is -2.49. The van der Waals surface area contributed by atoms with Crippen molar-refractivity contribution in [3.8, 4) is 5.75 Å². The highest BCUT2D eigenvalue weighted by Gasteiger charge is 2.23. The van der Waals surface area contributed by atoms with Crippen LogP contribution in [0.1, 0.15) is 22.3 Å². The number of hydrogen-bond acceptors (Lipinski definition) is 4. The summed E-state index contributed by atoms with van der Waals surface area (Å²) < 4.78 is 86.1. The smallest absolute Gasteiger partial charge is 0.387 e. The van der Waals surface area contributed by atoms with E-state index in [-0.39, 0.29) is 28.2 Å². The van der Waals surface area contributed by atoms with E-state index in [4.69, 9.17) is 0 Å². The lowest BCUT2D eigenvalue weighted by molar-refractivity contribution is -0.0499. The Morgan fingerprint density at radius 2 is 1.77 bits per heavy atom. The van der Waals surface area contributed by atoms with Crippen molar-refractivity contribution < 1.29 is 30.7 Å². The summed E-state index contributed by atoms with van der Waals surface area (Å²) in [5, 5.41) is 3.62. The van der Waals surface area contributed by atoms with Crippen LogP contribution in [0.2, 0.25) is 0 Å². The zero-order valence-electron chi connectivity index (χ0n) is 18.9. The molecule has 0 aliphatic heterocycles. The van der Waals surface area contributed by atoms with E-state index in [9.17, 15) is 26.0 Å². The Labute approximate surface area is 200 Å². The van der Waals surface area contributed by atoms with Crippen LogP contribution in [0.4, 0.5) is 17.6 Å². The minimum absolute atomic E-state index is 0.0449. The van der Waals surface area contributed by atoms with Crippen LogP contribution in [0.25, 0.3) is 10.9 Å². The summed E-state index contributed by atoms with van der Waals surface area (Å²) in [6, 6.07) is 12.9. The van der Waals surface area contributed by atoms with E-state index < -0.39 is 28.3 Å². The average Bonchev–Trinajstić information content (AvgIpc) is 3.18. The van der Waals surface area contributed by atoms with E-state index in [1.807, 2.05) is 0 Å². The van der Waals surface area contributed by atoms with Crippen LogP contribution in [0.5, 0.6) is 5.75 Å². The van der Waals surface area contributed by atoms with Gasteiger partial charge in [-0.15, -0.1) is 0 Å². The lowest BCUT2D eigenvalue weighted by Gasteiger charge is -2.11. The number of aromatic nitrogens is 1. The second-order valence-electron chi connectivity index (χ2n) is 8.04. The number of rotatable bonds is 8. The molecule has 0 spiro atoms. The first-order chi connectivity index (χ1) is 16.6. The van der Waals surface area contributed by atoms with Gasteiger partial charge in [0.05, 0.1) is 10.4 Å². The molecule has 0 saturated carbocycles. The summed E-state index contributed by atoms with van der Waals surface area (Å²) in [5.74, 6) is -2.15. The van der Waals surface area contributed by atoms with E-state index in [2.05, 4.69) is 10.1 Å². The van der Waals surface area contributed by atoms with Gasteiger partial charge in [-0.25, -0.2) is 21.2 Å². The van der Waals surface area contributed by atoms with E-state index in [0.717, 1.165) is 10.0 Å². The number of ether oxygens (including phenoxy) is 1. The zero-order chi connectivity index (χ0) is 25.3. The molecule has 0 fully saturated rings. The third-order valence-electron chi connectivity index (χ3n) is 5.62. The molecule has 0 radical (unpaired) electrons. The lowest BCUT2D eigenvalue weighted by atomic mass is 10.0. The third-order valence-corrected chi connectivity index (χ3v) is 7.29. The van der Waals surface area contributed by atoms with Gasteiger partial charge in [0, 0.05) is 30.6 Å². The molecule has 5 nitrogen and oxygen atoms in total. The van der Waals surface area contributed by atoms with Gasteiger partial charge in [0.1, 0.15) is 5.75 Å². The summed E-state index contributed by atoms with van der Waals surface area (Å²) in [6.07, 6.45) is 1.50. The molecule has 0 aliphatic carbocycles. The normalized spacial score (nSPS) is 12.0. The molecule has 1 aromatic heterocycles. The molecular formula is C25H22F4N2O3S. The van der Waals surface area contributed by atoms with E-state index >= 15 is 0 Å². The van der Waals surface area contributed by atoms with Gasteiger partial charge in [0.15, 0.2) is 11.6 Å². The summed E-state index contributed by atoms with van der Waals surface area (Å²) in [4.78, 5) is -0.236. The van der Waals surface area contributed by atoms with Gasteiger partial charge in [-0.1, -0.05) is 30.3 Å². The maximum Gasteiger partial charge on any atom is 0.387 e. The number of benzene rings is 3. The Morgan fingerprint density at radius 1 is 1.00 bits per heavy atom. The second-order valence-corrected chi connectivity index (χ2v) is 9.85. The minimum atomic E-state index is -4.20. The summed E-state index contributed by atoms with van der Waals surface area (Å²) in [5.41, 5.74) is 1.91. The lowest BCUT2D eigenvalue weighted by Crippen LogP contribution is -2.13. The van der Waals surface area contributed by atoms with Crippen LogP contribution >= 0.6 is 0 Å². The molecule has 184 valence electrons. The maximum atomic E-state index is 14.4. The molecule has 0 unspecified atom stereocenters. The number of alkyl halides is 2. The van der Waals surface area contributed by atoms with Gasteiger partial charge in [0.25, 0.3) is 10.0 Å². The van der Waals surface area contributed by atoms with Crippen molar-refractivity contribution in [3.05, 3.63) is 94.7 Å². The van der Waals surface area contributed by atoms with E-state index in [0.29, 0.717) is 28.6 Å². The fraction of sp³-hybridized carbons (Fsp3) is 0.200. The van der Waals surface area contributed by atoms with Crippen LogP contribution < -0.4 is 10.1 Å². The first-order valence-corrected chi connectivity index (χ1v) is 12.1. The van der Waals surface area contributed by atoms with Gasteiger partial charge in [-0.3, -0.25) is 0 Å². The Bertz CT molecular complexity index is 1500. The fourth-order valence-corrected chi connectivity index (χ4v) is 5.34. The monoisotopic (exact) mass is 506 g/mol. The van der Waals surface area contributed by atoms with Crippen molar-refractivity contribution in [2.75, 3.05) is 7.05 Å². The Kier molecular flexibility index (Phi) is 6.86. The van der Waals surface area contributed by atoms with Crippen LogP contribution in [0.3, 0.4) is 0 Å². The van der Waals surface area contributed by atoms with Crippen molar-refractivity contribution >= 4 is 20.9 Å². The Morgan fingerprint density at radius 3 is 2.49 bits per heavy atom. The number of aryl methyl sites for hydroxylation is 1. The zero-order valence-corrected chi connectivity index (χ0v) is 19.7. The first kappa shape index (κ1) is 24.7. The van der Waals surface area contributed by atoms with Crippen LogP contribution in [-0.4, -0.2) is 26.0 Å². The van der Waals surface area contributed by atoms with Crippen molar-refractivity contribution in [3.63, 3.8) is 0 Å².